The number of hydrogen-bond donors (Lipinski definition) is 1. The first-order valence-electron chi connectivity index (χ1n) is 6.15. The van der Waals surface area contributed by atoms with Crippen LogP contribution in [-0.4, -0.2) is 47.6 Å². The van der Waals surface area contributed by atoms with Crippen LogP contribution in [0.15, 0.2) is 9.33 Å². The number of nitrogens with zero attached hydrogens (tertiary/aromatic N) is 4. The average molecular weight is 331 g/mol. The molecule has 0 aliphatic carbocycles. The summed E-state index contributed by atoms with van der Waals surface area (Å²) in [5.74, 6) is -0.364. The molecule has 0 radical (unpaired) electrons. The third kappa shape index (κ3) is 3.50. The van der Waals surface area contributed by atoms with Gasteiger partial charge in [0.1, 0.15) is 6.17 Å². The molecule has 1 saturated heterocycles. The fraction of sp³-hybridized carbons (Fsp3) is 0.600. The second-order valence-electron chi connectivity index (χ2n) is 4.37. The lowest BCUT2D eigenvalue weighted by Crippen LogP contribution is -2.42. The molecule has 1 atom stereocenters. The van der Waals surface area contributed by atoms with Gasteiger partial charge in [-0.2, -0.15) is 9.30 Å². The standard InChI is InChI=1S/C10H13N5O4S2/c1-7(17)12-9-13-14-10(20-9)21(18,19)15-5-3-2-4-8(15)11-6-16/h8H,2-5H2,1H3,(H,12,13,17). The van der Waals surface area contributed by atoms with E-state index in [1.54, 1.807) is 0 Å². The molecule has 1 aliphatic heterocycles. The number of piperidine rings is 1. The van der Waals surface area contributed by atoms with Crippen LogP contribution in [0.2, 0.25) is 0 Å². The zero-order chi connectivity index (χ0) is 15.5. The molecular weight excluding hydrogens is 318 g/mol. The van der Waals surface area contributed by atoms with Crippen molar-refractivity contribution in [2.24, 2.45) is 4.99 Å². The Kier molecular flexibility index (Phi) is 4.78. The van der Waals surface area contributed by atoms with Gasteiger partial charge in [0.2, 0.25) is 21.5 Å². The van der Waals surface area contributed by atoms with Gasteiger partial charge in [-0.15, -0.1) is 10.2 Å². The van der Waals surface area contributed by atoms with Gasteiger partial charge in [0.05, 0.1) is 0 Å². The molecule has 1 amide bonds. The first kappa shape index (κ1) is 15.7. The monoisotopic (exact) mass is 331 g/mol. The van der Waals surface area contributed by atoms with Gasteiger partial charge >= 0.3 is 0 Å². The summed E-state index contributed by atoms with van der Waals surface area (Å²) < 4.78 is 25.9. The number of sulfonamides is 1. The maximum atomic E-state index is 12.5. The normalized spacial score (nSPS) is 19.8. The van der Waals surface area contributed by atoms with Gasteiger partial charge in [0, 0.05) is 13.5 Å². The highest BCUT2D eigenvalue weighted by atomic mass is 32.2. The Labute approximate surface area is 125 Å². The Balaban J connectivity index is 2.29. The molecular formula is C10H13N5O4S2. The second kappa shape index (κ2) is 6.39. The Morgan fingerprint density at radius 3 is 2.90 bits per heavy atom. The predicted molar refractivity (Wildman–Crippen MR) is 73.9 cm³/mol. The number of carbonyl (C=O) groups is 1. The highest BCUT2D eigenvalue weighted by Gasteiger charge is 2.36. The molecule has 11 heteroatoms. The first-order valence-corrected chi connectivity index (χ1v) is 8.40. The number of anilines is 1. The van der Waals surface area contributed by atoms with Crippen molar-refractivity contribution < 1.29 is 18.0 Å². The smallest absolute Gasteiger partial charge is 0.274 e. The SMILES string of the molecule is CC(=O)Nc1nnc(S(=O)(=O)N2CCCCC2N=C=O)s1. The molecule has 1 unspecified atom stereocenters. The summed E-state index contributed by atoms with van der Waals surface area (Å²) in [6.07, 6.45) is 2.58. The summed E-state index contributed by atoms with van der Waals surface area (Å²) in [4.78, 5) is 24.9. The van der Waals surface area contributed by atoms with Crippen molar-refractivity contribution in [1.82, 2.24) is 14.5 Å². The molecule has 21 heavy (non-hydrogen) atoms. The van der Waals surface area contributed by atoms with E-state index in [1.165, 1.54) is 13.0 Å². The summed E-state index contributed by atoms with van der Waals surface area (Å²) in [7, 11) is -3.89. The van der Waals surface area contributed by atoms with Gasteiger partial charge in [-0.1, -0.05) is 11.3 Å². The van der Waals surface area contributed by atoms with Crippen LogP contribution in [0.4, 0.5) is 5.13 Å². The molecule has 0 bridgehead atoms. The van der Waals surface area contributed by atoms with E-state index in [9.17, 15) is 18.0 Å². The van der Waals surface area contributed by atoms with Gasteiger partial charge in [-0.25, -0.2) is 13.2 Å². The molecule has 1 aromatic rings. The van der Waals surface area contributed by atoms with Gasteiger partial charge in [0.25, 0.3) is 10.0 Å². The number of rotatable bonds is 4. The number of aromatic nitrogens is 2. The Bertz CT molecular complexity index is 679. The zero-order valence-electron chi connectivity index (χ0n) is 11.1. The van der Waals surface area contributed by atoms with Crippen LogP contribution in [0, 0.1) is 0 Å². The van der Waals surface area contributed by atoms with Crippen molar-refractivity contribution in [3.8, 4) is 0 Å². The predicted octanol–water partition coefficient (Wildman–Crippen LogP) is 0.333. The quantitative estimate of drug-likeness (QED) is 0.482. The zero-order valence-corrected chi connectivity index (χ0v) is 12.8. The Morgan fingerprint density at radius 2 is 2.24 bits per heavy atom. The summed E-state index contributed by atoms with van der Waals surface area (Å²) in [5, 5.41) is 9.68. The van der Waals surface area contributed by atoms with Gasteiger partial charge < -0.3 is 5.32 Å². The van der Waals surface area contributed by atoms with Crippen LogP contribution in [0.25, 0.3) is 0 Å². The minimum absolute atomic E-state index is 0.105. The van der Waals surface area contributed by atoms with Crippen LogP contribution in [0.1, 0.15) is 26.2 Å². The minimum atomic E-state index is -3.89. The molecule has 1 N–H and O–H groups in total. The topological polar surface area (TPSA) is 122 Å². The molecule has 1 aromatic heterocycles. The van der Waals surface area contributed by atoms with Crippen LogP contribution in [0.5, 0.6) is 0 Å². The maximum Gasteiger partial charge on any atom is 0.274 e. The van der Waals surface area contributed by atoms with Crippen LogP contribution >= 0.6 is 11.3 Å². The minimum Gasteiger partial charge on any atom is -0.301 e. The molecule has 0 spiro atoms. The number of aliphatic imine (C=N–C) groups is 1. The summed E-state index contributed by atoms with van der Waals surface area (Å²) >= 11 is 0.758. The van der Waals surface area contributed by atoms with E-state index in [4.69, 9.17) is 0 Å². The molecule has 9 nitrogen and oxygen atoms in total. The number of isocyanates is 1. The van der Waals surface area contributed by atoms with Gasteiger partial charge in [0.15, 0.2) is 0 Å². The van der Waals surface area contributed by atoms with Crippen molar-refractivity contribution in [2.75, 3.05) is 11.9 Å². The molecule has 1 aliphatic rings. The van der Waals surface area contributed by atoms with Crippen molar-refractivity contribution in [2.45, 2.75) is 36.7 Å². The average Bonchev–Trinajstić information content (AvgIpc) is 2.88. The van der Waals surface area contributed by atoms with Crippen molar-refractivity contribution in [3.63, 3.8) is 0 Å². The summed E-state index contributed by atoms with van der Waals surface area (Å²) in [5.41, 5.74) is 0. The fourth-order valence-corrected chi connectivity index (χ4v) is 4.63. The third-order valence-electron chi connectivity index (χ3n) is 2.84. The summed E-state index contributed by atoms with van der Waals surface area (Å²) in [6, 6.07) is 0. The largest absolute Gasteiger partial charge is 0.301 e. The Morgan fingerprint density at radius 1 is 1.48 bits per heavy atom. The number of hydrogen-bond acceptors (Lipinski definition) is 8. The van der Waals surface area contributed by atoms with Crippen molar-refractivity contribution >= 4 is 38.5 Å². The number of nitrogens with one attached hydrogen (secondary N) is 1. The molecule has 2 rings (SSSR count). The molecule has 1 fully saturated rings. The lowest BCUT2D eigenvalue weighted by atomic mass is 10.1. The third-order valence-corrected chi connectivity index (χ3v) is 5.93. The summed E-state index contributed by atoms with van der Waals surface area (Å²) in [6.45, 7) is 1.54. The van der Waals surface area contributed by atoms with Crippen LogP contribution in [0.3, 0.4) is 0 Å². The maximum absolute atomic E-state index is 12.5. The van der Waals surface area contributed by atoms with E-state index in [2.05, 4.69) is 20.5 Å². The van der Waals surface area contributed by atoms with E-state index in [0.717, 1.165) is 22.1 Å². The molecule has 114 valence electrons. The van der Waals surface area contributed by atoms with E-state index in [0.29, 0.717) is 12.8 Å². The Hall–Kier alpha value is -1.68. The van der Waals surface area contributed by atoms with Crippen LogP contribution < -0.4 is 5.32 Å². The van der Waals surface area contributed by atoms with Gasteiger partial charge in [-0.05, 0) is 19.3 Å². The molecule has 0 saturated carbocycles. The van der Waals surface area contributed by atoms with Gasteiger partial charge in [-0.3, -0.25) is 4.79 Å². The van der Waals surface area contributed by atoms with E-state index < -0.39 is 16.2 Å². The van der Waals surface area contributed by atoms with Crippen molar-refractivity contribution in [1.29, 1.82) is 0 Å². The van der Waals surface area contributed by atoms with Crippen molar-refractivity contribution in [3.05, 3.63) is 0 Å². The number of amides is 1. The van der Waals surface area contributed by atoms with E-state index >= 15 is 0 Å². The lowest BCUT2D eigenvalue weighted by Gasteiger charge is -2.29. The highest BCUT2D eigenvalue weighted by Crippen LogP contribution is 2.28. The van der Waals surface area contributed by atoms with E-state index in [1.807, 2.05) is 0 Å². The second-order valence-corrected chi connectivity index (χ2v) is 7.41. The molecule has 2 heterocycles. The first-order chi connectivity index (χ1) is 9.95. The van der Waals surface area contributed by atoms with E-state index in [-0.39, 0.29) is 21.9 Å². The lowest BCUT2D eigenvalue weighted by molar-refractivity contribution is -0.114. The molecule has 0 aromatic carbocycles. The highest BCUT2D eigenvalue weighted by molar-refractivity contribution is 7.91. The number of carbonyl (C=O) groups excluding carboxylic acids is 2. The van der Waals surface area contributed by atoms with Crippen LogP contribution in [-0.2, 0) is 19.6 Å². The fourth-order valence-electron chi connectivity index (χ4n) is 1.97.